The van der Waals surface area contributed by atoms with E-state index in [4.69, 9.17) is 16.7 Å². The minimum atomic E-state index is 0.138. The van der Waals surface area contributed by atoms with Crippen LogP contribution in [0.15, 0.2) is 85.2 Å². The number of pyridine rings is 1. The molecule has 0 aliphatic rings. The van der Waals surface area contributed by atoms with Crippen molar-refractivity contribution in [3.8, 4) is 16.9 Å². The summed E-state index contributed by atoms with van der Waals surface area (Å²) in [5.74, 6) is 0. The second-order valence-electron chi connectivity index (χ2n) is 6.65. The second-order valence-corrected chi connectivity index (χ2v) is 7.08. The van der Waals surface area contributed by atoms with Crippen LogP contribution in [0, 0.1) is 0 Å². The van der Waals surface area contributed by atoms with Gasteiger partial charge in [0.1, 0.15) is 0 Å². The van der Waals surface area contributed by atoms with Gasteiger partial charge in [-0.05, 0) is 43.3 Å². The highest BCUT2D eigenvalue weighted by atomic mass is 35.5. The third-order valence-corrected chi connectivity index (χ3v) is 4.91. The van der Waals surface area contributed by atoms with Crippen molar-refractivity contribution in [1.29, 1.82) is 0 Å². The van der Waals surface area contributed by atoms with Crippen molar-refractivity contribution >= 4 is 11.6 Å². The zero-order valence-electron chi connectivity index (χ0n) is 15.6. The summed E-state index contributed by atoms with van der Waals surface area (Å²) < 4.78 is 1.92. The second kappa shape index (κ2) is 8.38. The van der Waals surface area contributed by atoms with E-state index in [0.29, 0.717) is 6.54 Å². The normalized spacial score (nSPS) is 12.1. The quantitative estimate of drug-likeness (QED) is 0.478. The van der Waals surface area contributed by atoms with E-state index >= 15 is 0 Å². The number of benzene rings is 2. The molecule has 0 aliphatic heterocycles. The Morgan fingerprint density at radius 3 is 2.43 bits per heavy atom. The summed E-state index contributed by atoms with van der Waals surface area (Å²) in [5, 5.41) is 9.13. The third kappa shape index (κ3) is 4.14. The number of rotatable bonds is 6. The number of halogens is 1. The molecule has 4 nitrogen and oxygen atoms in total. The van der Waals surface area contributed by atoms with E-state index in [-0.39, 0.29) is 6.04 Å². The van der Waals surface area contributed by atoms with Gasteiger partial charge < -0.3 is 5.32 Å². The van der Waals surface area contributed by atoms with E-state index in [2.05, 4.69) is 23.4 Å². The Morgan fingerprint density at radius 1 is 0.964 bits per heavy atom. The number of hydrogen-bond donors (Lipinski definition) is 1. The Balaban J connectivity index is 1.64. The van der Waals surface area contributed by atoms with Crippen LogP contribution in [0.5, 0.6) is 0 Å². The molecule has 4 aromatic rings. The van der Waals surface area contributed by atoms with Crippen molar-refractivity contribution in [1.82, 2.24) is 20.1 Å². The van der Waals surface area contributed by atoms with Crippen molar-refractivity contribution in [3.05, 3.63) is 101 Å². The summed E-state index contributed by atoms with van der Waals surface area (Å²) in [5.41, 5.74) is 5.16. The van der Waals surface area contributed by atoms with Crippen molar-refractivity contribution < 1.29 is 0 Å². The molecular weight excluding hydrogens is 368 g/mol. The van der Waals surface area contributed by atoms with Crippen LogP contribution in [0.3, 0.4) is 0 Å². The van der Waals surface area contributed by atoms with Crippen molar-refractivity contribution in [2.24, 2.45) is 0 Å². The lowest BCUT2D eigenvalue weighted by atomic mass is 10.1. The molecule has 0 bridgehead atoms. The first-order valence-corrected chi connectivity index (χ1v) is 9.63. The molecule has 2 heterocycles. The van der Waals surface area contributed by atoms with E-state index < -0.39 is 0 Å². The van der Waals surface area contributed by atoms with Crippen LogP contribution in [0.1, 0.15) is 24.2 Å². The van der Waals surface area contributed by atoms with Gasteiger partial charge in [0.15, 0.2) is 0 Å². The molecule has 2 aromatic carbocycles. The fourth-order valence-electron chi connectivity index (χ4n) is 3.10. The Morgan fingerprint density at radius 2 is 1.71 bits per heavy atom. The van der Waals surface area contributed by atoms with Crippen LogP contribution < -0.4 is 5.32 Å². The van der Waals surface area contributed by atoms with Crippen molar-refractivity contribution in [2.45, 2.75) is 19.5 Å². The van der Waals surface area contributed by atoms with Gasteiger partial charge in [-0.1, -0.05) is 48.0 Å². The highest BCUT2D eigenvalue weighted by molar-refractivity contribution is 6.30. The highest BCUT2D eigenvalue weighted by Gasteiger charge is 2.14. The van der Waals surface area contributed by atoms with Crippen LogP contribution >= 0.6 is 11.6 Å². The van der Waals surface area contributed by atoms with Crippen molar-refractivity contribution in [3.63, 3.8) is 0 Å². The minimum absolute atomic E-state index is 0.138. The summed E-state index contributed by atoms with van der Waals surface area (Å²) in [6.45, 7) is 2.80. The van der Waals surface area contributed by atoms with Crippen LogP contribution in [0.25, 0.3) is 16.9 Å². The van der Waals surface area contributed by atoms with Gasteiger partial charge >= 0.3 is 0 Å². The maximum absolute atomic E-state index is 6.07. The van der Waals surface area contributed by atoms with E-state index in [9.17, 15) is 0 Å². The summed E-state index contributed by atoms with van der Waals surface area (Å²) in [6.07, 6.45) is 3.90. The van der Waals surface area contributed by atoms with Crippen LogP contribution in [0.4, 0.5) is 0 Å². The van der Waals surface area contributed by atoms with Crippen LogP contribution in [-0.4, -0.2) is 14.8 Å². The molecule has 0 amide bonds. The Hall–Kier alpha value is -2.95. The lowest BCUT2D eigenvalue weighted by Crippen LogP contribution is -2.19. The predicted octanol–water partition coefficient (Wildman–Crippen LogP) is 5.44. The molecule has 5 heteroatoms. The van der Waals surface area contributed by atoms with E-state index in [1.54, 1.807) is 0 Å². The number of nitrogens with one attached hydrogen (secondary N) is 1. The summed E-state index contributed by atoms with van der Waals surface area (Å²) in [6, 6.07) is 24.0. The maximum Gasteiger partial charge on any atom is 0.0972 e. The molecule has 0 spiro atoms. The van der Waals surface area contributed by atoms with E-state index in [1.807, 2.05) is 83.7 Å². The third-order valence-electron chi connectivity index (χ3n) is 4.66. The first kappa shape index (κ1) is 18.4. The molecule has 0 radical (unpaired) electrons. The molecule has 0 saturated carbocycles. The minimum Gasteiger partial charge on any atom is -0.305 e. The van der Waals surface area contributed by atoms with Gasteiger partial charge in [0.2, 0.25) is 0 Å². The Bertz CT molecular complexity index is 1030. The first-order valence-electron chi connectivity index (χ1n) is 9.25. The monoisotopic (exact) mass is 388 g/mol. The zero-order valence-corrected chi connectivity index (χ0v) is 16.3. The van der Waals surface area contributed by atoms with Gasteiger partial charge in [0.25, 0.3) is 0 Å². The smallest absolute Gasteiger partial charge is 0.0972 e. The lowest BCUT2D eigenvalue weighted by Gasteiger charge is -2.13. The van der Waals surface area contributed by atoms with Gasteiger partial charge in [-0.25, -0.2) is 4.68 Å². The molecule has 1 atom stereocenters. The zero-order chi connectivity index (χ0) is 19.3. The molecule has 140 valence electrons. The SMILES string of the molecule is CC(NCc1cn(-c2ccccc2)nc1-c1ccc(Cl)cc1)c1ccccn1. The van der Waals surface area contributed by atoms with Crippen molar-refractivity contribution in [2.75, 3.05) is 0 Å². The Kier molecular flexibility index (Phi) is 5.51. The Labute approximate surface area is 169 Å². The summed E-state index contributed by atoms with van der Waals surface area (Å²) >= 11 is 6.07. The number of para-hydroxylation sites is 1. The molecule has 0 fully saturated rings. The molecule has 1 unspecified atom stereocenters. The molecule has 28 heavy (non-hydrogen) atoms. The standard InChI is InChI=1S/C23H21ClN4/c1-17(22-9-5-6-14-25-22)26-15-19-16-28(21-7-3-2-4-8-21)27-23(19)18-10-12-20(24)13-11-18/h2-14,16-17,26H,15H2,1H3. The van der Waals surface area contributed by atoms with E-state index in [1.165, 1.54) is 0 Å². The molecule has 2 aromatic heterocycles. The number of nitrogens with zero attached hydrogens (tertiary/aromatic N) is 3. The topological polar surface area (TPSA) is 42.7 Å². The predicted molar refractivity (Wildman–Crippen MR) is 114 cm³/mol. The average Bonchev–Trinajstić information content (AvgIpc) is 3.18. The first-order chi connectivity index (χ1) is 13.7. The van der Waals surface area contributed by atoms with Gasteiger partial charge in [0.05, 0.1) is 17.1 Å². The van der Waals surface area contributed by atoms with Gasteiger partial charge in [0, 0.05) is 41.1 Å². The number of hydrogen-bond acceptors (Lipinski definition) is 3. The fourth-order valence-corrected chi connectivity index (χ4v) is 3.23. The van der Waals surface area contributed by atoms with Crippen LogP contribution in [-0.2, 0) is 6.54 Å². The van der Waals surface area contributed by atoms with Gasteiger partial charge in [-0.2, -0.15) is 5.10 Å². The maximum atomic E-state index is 6.07. The largest absolute Gasteiger partial charge is 0.305 e. The molecule has 4 rings (SSSR count). The molecular formula is C23H21ClN4. The van der Waals surface area contributed by atoms with Gasteiger partial charge in [-0.3, -0.25) is 4.98 Å². The highest BCUT2D eigenvalue weighted by Crippen LogP contribution is 2.26. The van der Waals surface area contributed by atoms with Gasteiger partial charge in [-0.15, -0.1) is 0 Å². The molecule has 1 N–H and O–H groups in total. The number of aromatic nitrogens is 3. The molecule has 0 aliphatic carbocycles. The van der Waals surface area contributed by atoms with E-state index in [0.717, 1.165) is 33.2 Å². The fraction of sp³-hybridized carbons (Fsp3) is 0.130. The molecule has 0 saturated heterocycles. The van der Waals surface area contributed by atoms with Crippen LogP contribution in [0.2, 0.25) is 5.02 Å². The lowest BCUT2D eigenvalue weighted by molar-refractivity contribution is 0.562. The summed E-state index contributed by atoms with van der Waals surface area (Å²) in [4.78, 5) is 4.44. The average molecular weight is 389 g/mol. The summed E-state index contributed by atoms with van der Waals surface area (Å²) in [7, 11) is 0.